The summed E-state index contributed by atoms with van der Waals surface area (Å²) in [5.41, 5.74) is 2.86. The molecule has 16 heavy (non-hydrogen) atoms. The lowest BCUT2D eigenvalue weighted by atomic mass is 10.5. The standard InChI is InChI=1S/C9H11N5OS/c1-6(8(15)11-10)16-9-13-12-7-4-2-3-5-14(7)9/h2-6H,10H2,1H3,(H,11,15). The van der Waals surface area contributed by atoms with Gasteiger partial charge in [0, 0.05) is 6.20 Å². The molecule has 1 atom stereocenters. The van der Waals surface area contributed by atoms with Gasteiger partial charge in [-0.25, -0.2) is 5.84 Å². The van der Waals surface area contributed by atoms with Crippen molar-refractivity contribution in [2.45, 2.75) is 17.3 Å². The minimum atomic E-state index is -0.308. The first kappa shape index (κ1) is 10.9. The predicted molar refractivity (Wildman–Crippen MR) is 60.6 cm³/mol. The van der Waals surface area contributed by atoms with Crippen LogP contribution in [0.15, 0.2) is 29.6 Å². The Bertz CT molecular complexity index is 511. The van der Waals surface area contributed by atoms with E-state index in [0.29, 0.717) is 5.16 Å². The van der Waals surface area contributed by atoms with E-state index in [4.69, 9.17) is 5.84 Å². The summed E-state index contributed by atoms with van der Waals surface area (Å²) < 4.78 is 1.82. The predicted octanol–water partition coefficient (Wildman–Crippen LogP) is 0.200. The van der Waals surface area contributed by atoms with E-state index >= 15 is 0 Å². The van der Waals surface area contributed by atoms with Crippen molar-refractivity contribution in [2.24, 2.45) is 5.84 Å². The lowest BCUT2D eigenvalue weighted by Crippen LogP contribution is -2.36. The van der Waals surface area contributed by atoms with Crippen LogP contribution >= 0.6 is 11.8 Å². The van der Waals surface area contributed by atoms with Gasteiger partial charge in [-0.3, -0.25) is 14.6 Å². The molecule has 0 aromatic carbocycles. The van der Waals surface area contributed by atoms with E-state index in [0.717, 1.165) is 5.65 Å². The van der Waals surface area contributed by atoms with Crippen LogP contribution in [0.3, 0.4) is 0 Å². The summed E-state index contributed by atoms with van der Waals surface area (Å²) in [5.74, 6) is 4.82. The van der Waals surface area contributed by atoms with Crippen LogP contribution in [0.5, 0.6) is 0 Å². The molecule has 0 aliphatic heterocycles. The minimum absolute atomic E-state index is 0.238. The average molecular weight is 237 g/mol. The van der Waals surface area contributed by atoms with E-state index < -0.39 is 0 Å². The highest BCUT2D eigenvalue weighted by Gasteiger charge is 2.16. The van der Waals surface area contributed by atoms with Crippen LogP contribution in [0.2, 0.25) is 0 Å². The van der Waals surface area contributed by atoms with Crippen LogP contribution in [0.1, 0.15) is 6.92 Å². The molecule has 0 bridgehead atoms. The summed E-state index contributed by atoms with van der Waals surface area (Å²) in [6.07, 6.45) is 1.85. The van der Waals surface area contributed by atoms with Crippen LogP contribution in [-0.4, -0.2) is 25.8 Å². The Morgan fingerprint density at radius 1 is 1.56 bits per heavy atom. The maximum absolute atomic E-state index is 11.3. The number of rotatable bonds is 3. The maximum Gasteiger partial charge on any atom is 0.247 e. The molecule has 6 nitrogen and oxygen atoms in total. The monoisotopic (exact) mass is 237 g/mol. The molecular weight excluding hydrogens is 226 g/mol. The quantitative estimate of drug-likeness (QED) is 0.345. The highest BCUT2D eigenvalue weighted by atomic mass is 32.2. The van der Waals surface area contributed by atoms with E-state index in [2.05, 4.69) is 15.6 Å². The van der Waals surface area contributed by atoms with Crippen molar-refractivity contribution in [2.75, 3.05) is 0 Å². The van der Waals surface area contributed by atoms with Crippen molar-refractivity contribution < 1.29 is 4.79 Å². The smallest absolute Gasteiger partial charge is 0.247 e. The van der Waals surface area contributed by atoms with Crippen molar-refractivity contribution in [1.82, 2.24) is 20.0 Å². The molecule has 0 spiro atoms. The average Bonchev–Trinajstić information content (AvgIpc) is 2.72. The molecule has 7 heteroatoms. The Labute approximate surface area is 96.2 Å². The van der Waals surface area contributed by atoms with Crippen LogP contribution in [0.4, 0.5) is 0 Å². The molecule has 0 aliphatic carbocycles. The molecule has 0 saturated heterocycles. The highest BCUT2D eigenvalue weighted by molar-refractivity contribution is 8.00. The van der Waals surface area contributed by atoms with Crippen molar-refractivity contribution in [3.63, 3.8) is 0 Å². The van der Waals surface area contributed by atoms with Crippen LogP contribution in [0.25, 0.3) is 5.65 Å². The number of hydrogen-bond acceptors (Lipinski definition) is 5. The number of thioether (sulfide) groups is 1. The van der Waals surface area contributed by atoms with E-state index in [1.807, 2.05) is 28.8 Å². The number of hydrazine groups is 1. The molecule has 0 fully saturated rings. The molecule has 2 aromatic rings. The first-order valence-electron chi connectivity index (χ1n) is 4.69. The van der Waals surface area contributed by atoms with Gasteiger partial charge in [0.25, 0.3) is 0 Å². The summed E-state index contributed by atoms with van der Waals surface area (Å²) in [4.78, 5) is 11.3. The van der Waals surface area contributed by atoms with Gasteiger partial charge in [0.15, 0.2) is 10.8 Å². The molecule has 2 rings (SSSR count). The maximum atomic E-state index is 11.3. The number of pyridine rings is 1. The van der Waals surface area contributed by atoms with Crippen LogP contribution < -0.4 is 11.3 Å². The molecule has 84 valence electrons. The molecule has 2 aromatic heterocycles. The molecule has 2 heterocycles. The number of hydrogen-bond donors (Lipinski definition) is 2. The number of carbonyl (C=O) groups excluding carboxylic acids is 1. The van der Waals surface area contributed by atoms with Crippen molar-refractivity contribution in [1.29, 1.82) is 0 Å². The van der Waals surface area contributed by atoms with Crippen LogP contribution in [0, 0.1) is 0 Å². The SMILES string of the molecule is CC(Sc1nnc2ccccn12)C(=O)NN. The Morgan fingerprint density at radius 3 is 3.12 bits per heavy atom. The number of amides is 1. The fraction of sp³-hybridized carbons (Fsp3) is 0.222. The van der Waals surface area contributed by atoms with Gasteiger partial charge in [0.05, 0.1) is 5.25 Å². The second-order valence-corrected chi connectivity index (χ2v) is 4.49. The van der Waals surface area contributed by atoms with E-state index in [-0.39, 0.29) is 11.2 Å². The van der Waals surface area contributed by atoms with Crippen molar-refractivity contribution in [3.05, 3.63) is 24.4 Å². The van der Waals surface area contributed by atoms with Gasteiger partial charge < -0.3 is 0 Å². The lowest BCUT2D eigenvalue weighted by Gasteiger charge is -2.07. The highest BCUT2D eigenvalue weighted by Crippen LogP contribution is 2.21. The third kappa shape index (κ3) is 2.00. The van der Waals surface area contributed by atoms with Gasteiger partial charge in [-0.15, -0.1) is 10.2 Å². The molecule has 0 saturated carbocycles. The lowest BCUT2D eigenvalue weighted by molar-refractivity contribution is -0.120. The Hall–Kier alpha value is -1.60. The minimum Gasteiger partial charge on any atom is -0.293 e. The molecule has 1 unspecified atom stereocenters. The zero-order valence-electron chi connectivity index (χ0n) is 8.62. The molecule has 3 N–H and O–H groups in total. The summed E-state index contributed by atoms with van der Waals surface area (Å²) >= 11 is 1.31. The second kappa shape index (κ2) is 4.50. The summed E-state index contributed by atoms with van der Waals surface area (Å²) in [5, 5.41) is 8.36. The molecule has 0 aliphatic rings. The van der Waals surface area contributed by atoms with E-state index in [1.54, 1.807) is 6.92 Å². The van der Waals surface area contributed by atoms with Crippen molar-refractivity contribution >= 4 is 23.3 Å². The zero-order valence-corrected chi connectivity index (χ0v) is 9.44. The van der Waals surface area contributed by atoms with Crippen molar-refractivity contribution in [3.8, 4) is 0 Å². The van der Waals surface area contributed by atoms with E-state index in [1.165, 1.54) is 11.8 Å². The second-order valence-electron chi connectivity index (χ2n) is 3.18. The number of fused-ring (bicyclic) bond motifs is 1. The third-order valence-corrected chi connectivity index (χ3v) is 3.13. The summed E-state index contributed by atoms with van der Waals surface area (Å²) in [6.45, 7) is 1.76. The number of nitrogens with zero attached hydrogens (tertiary/aromatic N) is 3. The number of aromatic nitrogens is 3. The fourth-order valence-electron chi connectivity index (χ4n) is 1.23. The molecular formula is C9H11N5OS. The van der Waals surface area contributed by atoms with Gasteiger partial charge in [-0.05, 0) is 19.1 Å². The fourth-order valence-corrected chi connectivity index (χ4v) is 2.08. The summed E-state index contributed by atoms with van der Waals surface area (Å²) in [6, 6.07) is 5.62. The number of carbonyl (C=O) groups is 1. The summed E-state index contributed by atoms with van der Waals surface area (Å²) in [7, 11) is 0. The van der Waals surface area contributed by atoms with Gasteiger partial charge >= 0.3 is 0 Å². The Kier molecular flexibility index (Phi) is 3.07. The zero-order chi connectivity index (χ0) is 11.5. The third-order valence-electron chi connectivity index (χ3n) is 2.08. The Balaban J connectivity index is 2.24. The number of nitrogens with two attached hydrogens (primary N) is 1. The van der Waals surface area contributed by atoms with Gasteiger partial charge in [-0.1, -0.05) is 17.8 Å². The van der Waals surface area contributed by atoms with Gasteiger partial charge in [-0.2, -0.15) is 0 Å². The van der Waals surface area contributed by atoms with E-state index in [9.17, 15) is 4.79 Å². The molecule has 0 radical (unpaired) electrons. The Morgan fingerprint density at radius 2 is 2.38 bits per heavy atom. The first-order valence-corrected chi connectivity index (χ1v) is 5.57. The van der Waals surface area contributed by atoms with Gasteiger partial charge in [0.1, 0.15) is 0 Å². The molecule has 1 amide bonds. The largest absolute Gasteiger partial charge is 0.293 e. The van der Waals surface area contributed by atoms with Crippen LogP contribution in [-0.2, 0) is 4.79 Å². The first-order chi connectivity index (χ1) is 7.72. The topological polar surface area (TPSA) is 85.3 Å². The normalized spacial score (nSPS) is 12.6. The van der Waals surface area contributed by atoms with Gasteiger partial charge in [0.2, 0.25) is 5.91 Å². The number of nitrogens with one attached hydrogen (secondary N) is 1.